The third-order valence-corrected chi connectivity index (χ3v) is 8.74. The molecule has 0 aromatic rings. The van der Waals surface area contributed by atoms with E-state index in [0.29, 0.717) is 24.2 Å². The maximum absolute atomic E-state index is 12.3. The third-order valence-electron chi connectivity index (χ3n) is 8.74. The Morgan fingerprint density at radius 3 is 2.52 bits per heavy atom. The number of piperidine rings is 1. The zero-order valence-corrected chi connectivity index (χ0v) is 16.1. The number of aliphatic hydroxyl groups is 2. The first-order chi connectivity index (χ1) is 11.7. The van der Waals surface area contributed by atoms with Crippen LogP contribution >= 0.6 is 0 Å². The number of amides is 1. The number of aliphatic hydroxyl groups excluding tert-OH is 1. The molecule has 2 saturated carbocycles. The van der Waals surface area contributed by atoms with Gasteiger partial charge in [-0.2, -0.15) is 0 Å². The summed E-state index contributed by atoms with van der Waals surface area (Å²) in [6.45, 7) is 6.91. The van der Waals surface area contributed by atoms with Crippen LogP contribution in [-0.2, 0) is 4.79 Å². The Balaban J connectivity index is 1.73. The molecule has 0 aromatic heterocycles. The summed E-state index contributed by atoms with van der Waals surface area (Å²) in [5.41, 5.74) is 2.84. The molecule has 0 aromatic carbocycles. The molecule has 1 saturated heterocycles. The predicted molar refractivity (Wildman–Crippen MR) is 96.2 cm³/mol. The van der Waals surface area contributed by atoms with Crippen molar-refractivity contribution in [3.05, 3.63) is 11.3 Å². The molecule has 2 N–H and O–H groups in total. The van der Waals surface area contributed by atoms with Gasteiger partial charge in [-0.25, -0.2) is 0 Å². The molecule has 140 valence electrons. The number of rotatable bonds is 1. The maximum Gasteiger partial charge on any atom is 0.226 e. The van der Waals surface area contributed by atoms with Crippen LogP contribution in [0.3, 0.4) is 0 Å². The SMILES string of the molecule is CC1=C2N(C)C(=O)CCC2(C)C2CC[C@@]3(C)C(C(O)O)CCC3C2C1. The Bertz CT molecular complexity index is 627. The number of carbonyl (C=O) groups excluding carboxylic acids is 1. The Morgan fingerprint density at radius 2 is 1.84 bits per heavy atom. The Hall–Kier alpha value is -0.870. The molecule has 5 unspecified atom stereocenters. The van der Waals surface area contributed by atoms with Crippen molar-refractivity contribution in [3.8, 4) is 0 Å². The highest BCUT2D eigenvalue weighted by Gasteiger charge is 2.60. The molecule has 4 nitrogen and oxygen atoms in total. The van der Waals surface area contributed by atoms with Crippen LogP contribution < -0.4 is 0 Å². The molecule has 0 radical (unpaired) electrons. The second kappa shape index (κ2) is 5.56. The van der Waals surface area contributed by atoms with Crippen molar-refractivity contribution in [2.45, 2.75) is 72.0 Å². The molecule has 4 heteroatoms. The van der Waals surface area contributed by atoms with E-state index in [1.807, 2.05) is 11.9 Å². The first-order valence-electron chi connectivity index (χ1n) is 10.0. The molecule has 1 heterocycles. The molecule has 0 spiro atoms. The zero-order chi connectivity index (χ0) is 18.1. The van der Waals surface area contributed by atoms with Gasteiger partial charge in [0.2, 0.25) is 5.91 Å². The van der Waals surface area contributed by atoms with Gasteiger partial charge in [-0.3, -0.25) is 4.79 Å². The number of hydrogen-bond donors (Lipinski definition) is 2. The van der Waals surface area contributed by atoms with Crippen LogP contribution in [0.5, 0.6) is 0 Å². The van der Waals surface area contributed by atoms with Crippen LogP contribution in [0.1, 0.15) is 65.7 Å². The number of allylic oxidation sites excluding steroid dienone is 2. The van der Waals surface area contributed by atoms with E-state index < -0.39 is 6.29 Å². The van der Waals surface area contributed by atoms with Crippen molar-refractivity contribution in [2.75, 3.05) is 7.05 Å². The minimum atomic E-state index is -1.18. The average Bonchev–Trinajstić information content (AvgIpc) is 2.89. The predicted octanol–water partition coefficient (Wildman–Crippen LogP) is 3.29. The van der Waals surface area contributed by atoms with Crippen LogP contribution in [0.25, 0.3) is 0 Å². The second-order valence-electron chi connectivity index (χ2n) is 9.72. The number of fused-ring (bicyclic) bond motifs is 5. The molecule has 1 amide bonds. The Labute approximate surface area is 151 Å². The number of hydrogen-bond acceptors (Lipinski definition) is 3. The van der Waals surface area contributed by atoms with Crippen molar-refractivity contribution >= 4 is 5.91 Å². The minimum absolute atomic E-state index is 0.0209. The van der Waals surface area contributed by atoms with Crippen LogP contribution in [-0.4, -0.2) is 34.4 Å². The Morgan fingerprint density at radius 1 is 1.12 bits per heavy atom. The molecule has 0 bridgehead atoms. The van der Waals surface area contributed by atoms with Crippen molar-refractivity contribution in [2.24, 2.45) is 34.5 Å². The number of carbonyl (C=O) groups is 1. The molecule has 4 rings (SSSR count). The fourth-order valence-electron chi connectivity index (χ4n) is 7.64. The van der Waals surface area contributed by atoms with E-state index in [4.69, 9.17) is 0 Å². The fourth-order valence-corrected chi connectivity index (χ4v) is 7.64. The second-order valence-corrected chi connectivity index (χ2v) is 9.72. The standard InChI is InChI=1S/C21H33NO3/c1-12-11-13-14-5-6-16(19(24)25)20(14,2)9-7-15(13)21(3)10-8-17(23)22(4)18(12)21/h13-16,19,24-25H,5-11H2,1-4H3/t13?,14?,15?,16?,20-,21?/m1/s1. The number of likely N-dealkylation sites (tertiary alicyclic amines) is 1. The first-order valence-corrected chi connectivity index (χ1v) is 10.0. The molecule has 25 heavy (non-hydrogen) atoms. The van der Waals surface area contributed by atoms with E-state index in [1.54, 1.807) is 0 Å². The van der Waals surface area contributed by atoms with Crippen LogP contribution in [0.2, 0.25) is 0 Å². The lowest BCUT2D eigenvalue weighted by molar-refractivity contribution is -0.146. The van der Waals surface area contributed by atoms with Crippen molar-refractivity contribution < 1.29 is 15.0 Å². The van der Waals surface area contributed by atoms with Gasteiger partial charge < -0.3 is 15.1 Å². The van der Waals surface area contributed by atoms with E-state index >= 15 is 0 Å². The lowest BCUT2D eigenvalue weighted by Gasteiger charge is -2.59. The van der Waals surface area contributed by atoms with E-state index in [0.717, 1.165) is 38.5 Å². The van der Waals surface area contributed by atoms with E-state index in [1.165, 1.54) is 11.3 Å². The summed E-state index contributed by atoms with van der Waals surface area (Å²) in [6.07, 6.45) is 5.81. The molecular formula is C21H33NO3. The number of nitrogens with zero attached hydrogens (tertiary/aromatic N) is 1. The Kier molecular flexibility index (Phi) is 3.90. The molecular weight excluding hydrogens is 314 g/mol. The molecule has 3 fully saturated rings. The molecule has 6 atom stereocenters. The molecule has 1 aliphatic heterocycles. The van der Waals surface area contributed by atoms with Crippen molar-refractivity contribution in [3.63, 3.8) is 0 Å². The van der Waals surface area contributed by atoms with Gasteiger partial charge in [0.25, 0.3) is 0 Å². The smallest absolute Gasteiger partial charge is 0.226 e. The van der Waals surface area contributed by atoms with Gasteiger partial charge in [-0.15, -0.1) is 0 Å². The zero-order valence-electron chi connectivity index (χ0n) is 16.1. The van der Waals surface area contributed by atoms with Crippen LogP contribution in [0.4, 0.5) is 0 Å². The van der Waals surface area contributed by atoms with Crippen LogP contribution in [0, 0.1) is 34.5 Å². The van der Waals surface area contributed by atoms with E-state index in [9.17, 15) is 15.0 Å². The summed E-state index contributed by atoms with van der Waals surface area (Å²) >= 11 is 0. The average molecular weight is 347 g/mol. The lowest BCUT2D eigenvalue weighted by Crippen LogP contribution is -2.54. The van der Waals surface area contributed by atoms with Crippen molar-refractivity contribution in [1.29, 1.82) is 0 Å². The van der Waals surface area contributed by atoms with Gasteiger partial charge in [0.05, 0.1) is 0 Å². The van der Waals surface area contributed by atoms with Gasteiger partial charge in [0, 0.05) is 30.5 Å². The highest BCUT2D eigenvalue weighted by molar-refractivity contribution is 5.79. The van der Waals surface area contributed by atoms with Crippen molar-refractivity contribution in [1.82, 2.24) is 4.90 Å². The van der Waals surface area contributed by atoms with Gasteiger partial charge >= 0.3 is 0 Å². The lowest BCUT2D eigenvalue weighted by atomic mass is 9.48. The largest absolute Gasteiger partial charge is 0.368 e. The monoisotopic (exact) mass is 347 g/mol. The molecule has 4 aliphatic rings. The van der Waals surface area contributed by atoms with Gasteiger partial charge in [0.15, 0.2) is 6.29 Å². The summed E-state index contributed by atoms with van der Waals surface area (Å²) in [7, 11) is 1.96. The normalized spacial score (nSPS) is 47.0. The van der Waals surface area contributed by atoms with Crippen LogP contribution in [0.15, 0.2) is 11.3 Å². The van der Waals surface area contributed by atoms with E-state index in [-0.39, 0.29) is 22.7 Å². The quantitative estimate of drug-likeness (QED) is 0.716. The topological polar surface area (TPSA) is 60.8 Å². The summed E-state index contributed by atoms with van der Waals surface area (Å²) in [6, 6.07) is 0. The summed E-state index contributed by atoms with van der Waals surface area (Å²) in [4.78, 5) is 14.2. The molecule has 3 aliphatic carbocycles. The third kappa shape index (κ3) is 2.22. The highest BCUT2D eigenvalue weighted by atomic mass is 16.5. The highest BCUT2D eigenvalue weighted by Crippen LogP contribution is 2.67. The summed E-state index contributed by atoms with van der Waals surface area (Å²) < 4.78 is 0. The van der Waals surface area contributed by atoms with Gasteiger partial charge in [0.1, 0.15) is 0 Å². The first kappa shape index (κ1) is 17.5. The van der Waals surface area contributed by atoms with Gasteiger partial charge in [-0.05, 0) is 68.6 Å². The maximum atomic E-state index is 12.3. The summed E-state index contributed by atoms with van der Waals surface area (Å²) in [5, 5.41) is 19.8. The van der Waals surface area contributed by atoms with Gasteiger partial charge in [-0.1, -0.05) is 19.4 Å². The summed E-state index contributed by atoms with van der Waals surface area (Å²) in [5.74, 6) is 2.10. The minimum Gasteiger partial charge on any atom is -0.368 e. The van der Waals surface area contributed by atoms with E-state index in [2.05, 4.69) is 20.8 Å². The fraction of sp³-hybridized carbons (Fsp3) is 0.857.